The molecule has 0 aromatic heterocycles. The van der Waals surface area contributed by atoms with Crippen molar-refractivity contribution in [3.8, 4) is 11.8 Å². The molecule has 0 heterocycles. The zero-order valence-corrected chi connectivity index (χ0v) is 6.97. The molecule has 0 amide bonds. The van der Waals surface area contributed by atoms with E-state index < -0.39 is 0 Å². The van der Waals surface area contributed by atoms with Gasteiger partial charge in [-0.25, -0.2) is 0 Å². The van der Waals surface area contributed by atoms with E-state index in [1.54, 1.807) is 0 Å². The van der Waals surface area contributed by atoms with Crippen LogP contribution in [0.15, 0.2) is 0 Å². The van der Waals surface area contributed by atoms with E-state index in [0.29, 0.717) is 0 Å². The summed E-state index contributed by atoms with van der Waals surface area (Å²) in [4.78, 5) is 0. The van der Waals surface area contributed by atoms with Crippen LogP contribution < -0.4 is 0 Å². The summed E-state index contributed by atoms with van der Waals surface area (Å²) in [7, 11) is 0. The van der Waals surface area contributed by atoms with Gasteiger partial charge < -0.3 is 0 Å². The highest BCUT2D eigenvalue weighted by Crippen LogP contribution is 2.53. The molecule has 59 valence electrons. The lowest BCUT2D eigenvalue weighted by Gasteiger charge is -1.96. The zero-order chi connectivity index (χ0) is 7.68. The third-order valence-corrected chi connectivity index (χ3v) is 3.17. The molecule has 0 spiro atoms. The first-order valence-corrected chi connectivity index (χ1v) is 4.68. The minimum absolute atomic E-state index is 0.955. The van der Waals surface area contributed by atoms with Gasteiger partial charge in [-0.1, -0.05) is 6.92 Å². The lowest BCUT2D eigenvalue weighted by Crippen LogP contribution is -1.85. The Morgan fingerprint density at radius 3 is 2.09 bits per heavy atom. The Bertz CT molecular complexity index is 176. The largest absolute Gasteiger partial charge is 0.103 e. The maximum atomic E-state index is 3.99. The van der Waals surface area contributed by atoms with Gasteiger partial charge in [0.2, 0.25) is 0 Å². The second-order valence-corrected chi connectivity index (χ2v) is 3.71. The normalized spacial score (nSPS) is 41.0. The Labute approximate surface area is 69.4 Å². The van der Waals surface area contributed by atoms with E-state index in [1.165, 1.54) is 12.8 Å². The van der Waals surface area contributed by atoms with Gasteiger partial charge in [0.15, 0.2) is 0 Å². The fraction of sp³-hybridized carbons (Fsp3) is 0.727. The van der Waals surface area contributed by atoms with Gasteiger partial charge in [0.05, 0.1) is 0 Å². The van der Waals surface area contributed by atoms with Crippen molar-refractivity contribution in [1.29, 1.82) is 0 Å². The first-order valence-electron chi connectivity index (χ1n) is 4.68. The molecule has 0 bridgehead atoms. The topological polar surface area (TPSA) is 0 Å². The fourth-order valence-electron chi connectivity index (χ4n) is 2.46. The highest BCUT2D eigenvalue weighted by Gasteiger charge is 2.46. The Balaban J connectivity index is 1.93. The number of rotatable bonds is 1. The van der Waals surface area contributed by atoms with Gasteiger partial charge in [-0.05, 0) is 37.0 Å². The molecule has 2 unspecified atom stereocenters. The van der Waals surface area contributed by atoms with Crippen LogP contribution in [0.3, 0.4) is 0 Å². The van der Waals surface area contributed by atoms with E-state index in [-0.39, 0.29) is 0 Å². The highest BCUT2D eigenvalue weighted by molar-refractivity contribution is 5.07. The van der Waals surface area contributed by atoms with Crippen LogP contribution in [0.1, 0.15) is 32.1 Å². The van der Waals surface area contributed by atoms with Crippen molar-refractivity contribution in [3.05, 3.63) is 6.92 Å². The quantitative estimate of drug-likeness (QED) is 0.500. The summed E-state index contributed by atoms with van der Waals surface area (Å²) in [5, 5.41) is 0. The summed E-state index contributed by atoms with van der Waals surface area (Å²) in [6.07, 6.45) is 6.11. The SMILES string of the molecule is [CH2]CC1C2CCC#CCCC12. The van der Waals surface area contributed by atoms with Crippen LogP contribution in [-0.2, 0) is 0 Å². The summed E-state index contributed by atoms with van der Waals surface area (Å²) in [6.45, 7) is 3.99. The Hall–Kier alpha value is -0.440. The van der Waals surface area contributed by atoms with Crippen molar-refractivity contribution in [2.75, 3.05) is 0 Å². The molecule has 1 saturated carbocycles. The lowest BCUT2D eigenvalue weighted by atomic mass is 10.1. The monoisotopic (exact) mass is 147 g/mol. The van der Waals surface area contributed by atoms with Gasteiger partial charge in [0.1, 0.15) is 0 Å². The summed E-state index contributed by atoms with van der Waals surface area (Å²) >= 11 is 0. The number of hydrogen-bond donors (Lipinski definition) is 0. The van der Waals surface area contributed by atoms with E-state index in [2.05, 4.69) is 18.8 Å². The second kappa shape index (κ2) is 2.89. The smallest absolute Gasteiger partial charge is 0.00915 e. The molecule has 1 fully saturated rings. The molecule has 0 N–H and O–H groups in total. The predicted molar refractivity (Wildman–Crippen MR) is 46.7 cm³/mol. The van der Waals surface area contributed by atoms with Gasteiger partial charge in [0, 0.05) is 12.8 Å². The summed E-state index contributed by atoms with van der Waals surface area (Å²) in [5.41, 5.74) is 0. The molecule has 2 aliphatic rings. The minimum atomic E-state index is 0.955. The molecule has 0 heteroatoms. The number of hydrogen-bond acceptors (Lipinski definition) is 0. The molecular formula is C11H15. The van der Waals surface area contributed by atoms with Gasteiger partial charge in [-0.3, -0.25) is 0 Å². The molecule has 0 aromatic carbocycles. The van der Waals surface area contributed by atoms with Crippen molar-refractivity contribution in [1.82, 2.24) is 0 Å². The van der Waals surface area contributed by atoms with Crippen LogP contribution in [0, 0.1) is 36.5 Å². The fourth-order valence-corrected chi connectivity index (χ4v) is 2.46. The van der Waals surface area contributed by atoms with Gasteiger partial charge >= 0.3 is 0 Å². The molecule has 2 atom stereocenters. The highest BCUT2D eigenvalue weighted by atomic mass is 14.5. The van der Waals surface area contributed by atoms with Crippen molar-refractivity contribution in [2.24, 2.45) is 17.8 Å². The van der Waals surface area contributed by atoms with Crippen molar-refractivity contribution < 1.29 is 0 Å². The molecule has 0 aliphatic heterocycles. The van der Waals surface area contributed by atoms with Crippen LogP contribution in [0.4, 0.5) is 0 Å². The zero-order valence-electron chi connectivity index (χ0n) is 6.97. The molecular weight excluding hydrogens is 132 g/mol. The van der Waals surface area contributed by atoms with Gasteiger partial charge in [-0.15, -0.1) is 11.8 Å². The van der Waals surface area contributed by atoms with E-state index >= 15 is 0 Å². The third-order valence-electron chi connectivity index (χ3n) is 3.17. The van der Waals surface area contributed by atoms with Crippen LogP contribution in [-0.4, -0.2) is 0 Å². The minimum Gasteiger partial charge on any atom is -0.103 e. The van der Waals surface area contributed by atoms with Gasteiger partial charge in [-0.2, -0.15) is 0 Å². The Morgan fingerprint density at radius 2 is 1.64 bits per heavy atom. The van der Waals surface area contributed by atoms with E-state index in [4.69, 9.17) is 0 Å². The lowest BCUT2D eigenvalue weighted by molar-refractivity contribution is 0.618. The average molecular weight is 147 g/mol. The molecule has 0 saturated heterocycles. The maximum absolute atomic E-state index is 3.99. The molecule has 11 heavy (non-hydrogen) atoms. The van der Waals surface area contributed by atoms with Gasteiger partial charge in [0.25, 0.3) is 0 Å². The standard InChI is InChI=1S/C11H15/c1-2-9-10-7-5-3-4-6-8-11(9)10/h9-11H,1-2,5-8H2. The van der Waals surface area contributed by atoms with Crippen molar-refractivity contribution in [2.45, 2.75) is 32.1 Å². The number of fused-ring (bicyclic) bond motifs is 1. The first kappa shape index (κ1) is 7.22. The van der Waals surface area contributed by atoms with E-state index in [1.807, 2.05) is 0 Å². The second-order valence-electron chi connectivity index (χ2n) is 3.71. The molecule has 2 rings (SSSR count). The Kier molecular flexibility index (Phi) is 1.90. The van der Waals surface area contributed by atoms with E-state index in [0.717, 1.165) is 37.0 Å². The predicted octanol–water partition coefficient (Wildman–Crippen LogP) is 2.65. The first-order chi connectivity index (χ1) is 5.43. The molecule has 2 aliphatic carbocycles. The van der Waals surface area contributed by atoms with Crippen molar-refractivity contribution in [3.63, 3.8) is 0 Å². The molecule has 0 aromatic rings. The molecule has 0 nitrogen and oxygen atoms in total. The van der Waals surface area contributed by atoms with Crippen LogP contribution in [0.5, 0.6) is 0 Å². The van der Waals surface area contributed by atoms with Crippen LogP contribution in [0.25, 0.3) is 0 Å². The average Bonchev–Trinajstić information content (AvgIpc) is 2.60. The van der Waals surface area contributed by atoms with Crippen molar-refractivity contribution >= 4 is 0 Å². The summed E-state index contributed by atoms with van der Waals surface area (Å²) < 4.78 is 0. The summed E-state index contributed by atoms with van der Waals surface area (Å²) in [6, 6.07) is 0. The Morgan fingerprint density at radius 1 is 1.09 bits per heavy atom. The van der Waals surface area contributed by atoms with Crippen LogP contribution in [0.2, 0.25) is 0 Å². The van der Waals surface area contributed by atoms with Crippen LogP contribution >= 0.6 is 0 Å². The maximum Gasteiger partial charge on any atom is 0.00915 e. The molecule has 1 radical (unpaired) electrons. The van der Waals surface area contributed by atoms with E-state index in [9.17, 15) is 0 Å². The third kappa shape index (κ3) is 1.29. The summed E-state index contributed by atoms with van der Waals surface area (Å²) in [5.74, 6) is 9.40.